The molecule has 1 fully saturated rings. The first kappa shape index (κ1) is 16.9. The van der Waals surface area contributed by atoms with Crippen LogP contribution in [0.1, 0.15) is 6.92 Å². The molecule has 21 heavy (non-hydrogen) atoms. The Morgan fingerprint density at radius 2 is 1.10 bits per heavy atom. The van der Waals surface area contributed by atoms with Gasteiger partial charge in [-0.2, -0.15) is 0 Å². The normalized spacial score (nSPS) is 30.6. The molecule has 2 atom stereocenters. The summed E-state index contributed by atoms with van der Waals surface area (Å²) < 4.78 is 18.5. The molecule has 1 rings (SSSR count). The number of hydrogen-bond donors (Lipinski definition) is 0. The molecule has 118 valence electrons. The van der Waals surface area contributed by atoms with Crippen LogP contribution in [0.15, 0.2) is 0 Å². The molecule has 0 aliphatic heterocycles. The number of esters is 4. The van der Waals surface area contributed by atoms with Gasteiger partial charge in [0.25, 0.3) is 0 Å². The van der Waals surface area contributed by atoms with Crippen molar-refractivity contribution in [3.63, 3.8) is 0 Å². The predicted molar refractivity (Wildman–Crippen MR) is 66.6 cm³/mol. The highest BCUT2D eigenvalue weighted by Gasteiger charge is 2.73. The van der Waals surface area contributed by atoms with Crippen LogP contribution in [-0.2, 0) is 38.1 Å². The van der Waals surface area contributed by atoms with Crippen molar-refractivity contribution in [2.24, 2.45) is 23.2 Å². The van der Waals surface area contributed by atoms with Gasteiger partial charge in [0.2, 0.25) is 0 Å². The van der Waals surface area contributed by atoms with Gasteiger partial charge in [0.15, 0.2) is 0 Å². The molecule has 0 bridgehead atoms. The van der Waals surface area contributed by atoms with Crippen LogP contribution in [0.5, 0.6) is 0 Å². The summed E-state index contributed by atoms with van der Waals surface area (Å²) in [6, 6.07) is 0. The zero-order valence-corrected chi connectivity index (χ0v) is 12.5. The number of methoxy groups -OCH3 is 4. The van der Waals surface area contributed by atoms with Crippen LogP contribution in [0, 0.1) is 23.2 Å². The molecule has 0 heterocycles. The van der Waals surface area contributed by atoms with E-state index in [1.54, 1.807) is 0 Å². The van der Waals surface area contributed by atoms with Crippen molar-refractivity contribution in [3.05, 3.63) is 0 Å². The molecule has 1 saturated carbocycles. The lowest BCUT2D eigenvalue weighted by atomic mass is 9.47. The predicted octanol–water partition coefficient (Wildman–Crippen LogP) is -0.453. The monoisotopic (exact) mass is 302 g/mol. The lowest BCUT2D eigenvalue weighted by Crippen LogP contribution is -2.67. The first-order chi connectivity index (χ1) is 9.80. The number of carbonyl (C=O) groups is 4. The molecule has 0 amide bonds. The van der Waals surface area contributed by atoms with Gasteiger partial charge in [-0.3, -0.25) is 19.2 Å². The SMILES string of the molecule is COC(=O)C1C(C(=O)OC)C(C)(C(=O)OC)C1C(=O)OC. The fourth-order valence-corrected chi connectivity index (χ4v) is 2.93. The molecule has 0 N–H and O–H groups in total. The Bertz CT molecular complexity index is 445. The van der Waals surface area contributed by atoms with Gasteiger partial charge < -0.3 is 18.9 Å². The van der Waals surface area contributed by atoms with E-state index in [1.165, 1.54) is 6.92 Å². The molecular weight excluding hydrogens is 284 g/mol. The van der Waals surface area contributed by atoms with E-state index in [0.29, 0.717) is 0 Å². The molecule has 1 aliphatic carbocycles. The van der Waals surface area contributed by atoms with Crippen LogP contribution in [-0.4, -0.2) is 52.3 Å². The molecule has 0 spiro atoms. The Balaban J connectivity index is 3.35. The summed E-state index contributed by atoms with van der Waals surface area (Å²) in [6.45, 7) is 1.36. The molecule has 0 aromatic rings. The lowest BCUT2D eigenvalue weighted by Gasteiger charge is -2.52. The largest absolute Gasteiger partial charge is 0.469 e. The van der Waals surface area contributed by atoms with Crippen molar-refractivity contribution in [2.45, 2.75) is 6.92 Å². The van der Waals surface area contributed by atoms with Gasteiger partial charge in [0.05, 0.1) is 51.6 Å². The van der Waals surface area contributed by atoms with E-state index >= 15 is 0 Å². The van der Waals surface area contributed by atoms with Crippen LogP contribution in [0.2, 0.25) is 0 Å². The minimum absolute atomic E-state index is 0.790. The van der Waals surface area contributed by atoms with Crippen LogP contribution in [0.4, 0.5) is 0 Å². The van der Waals surface area contributed by atoms with Gasteiger partial charge in [-0.1, -0.05) is 0 Å². The zero-order valence-electron chi connectivity index (χ0n) is 12.5. The summed E-state index contributed by atoms with van der Waals surface area (Å²) in [5.41, 5.74) is -1.55. The Morgan fingerprint density at radius 3 is 1.38 bits per heavy atom. The fourth-order valence-electron chi connectivity index (χ4n) is 2.93. The second-order valence-corrected chi connectivity index (χ2v) is 4.82. The molecule has 8 heteroatoms. The maximum atomic E-state index is 12.0. The Morgan fingerprint density at radius 1 is 0.714 bits per heavy atom. The van der Waals surface area contributed by atoms with Crippen LogP contribution in [0.25, 0.3) is 0 Å². The van der Waals surface area contributed by atoms with Gasteiger partial charge in [-0.15, -0.1) is 0 Å². The number of carbonyl (C=O) groups excluding carboxylic acids is 4. The molecule has 0 aromatic heterocycles. The fraction of sp³-hybridized carbons (Fsp3) is 0.692. The van der Waals surface area contributed by atoms with Gasteiger partial charge in [-0.25, -0.2) is 0 Å². The highest BCUT2D eigenvalue weighted by atomic mass is 16.5. The van der Waals surface area contributed by atoms with E-state index in [4.69, 9.17) is 0 Å². The number of rotatable bonds is 4. The third-order valence-electron chi connectivity index (χ3n) is 4.02. The summed E-state index contributed by atoms with van der Waals surface area (Å²) in [7, 11) is 4.50. The van der Waals surface area contributed by atoms with E-state index in [2.05, 4.69) is 18.9 Å². The van der Waals surface area contributed by atoms with Crippen molar-refractivity contribution in [1.29, 1.82) is 0 Å². The summed E-state index contributed by atoms with van der Waals surface area (Å²) >= 11 is 0. The van der Waals surface area contributed by atoms with Crippen LogP contribution < -0.4 is 0 Å². The van der Waals surface area contributed by atoms with Gasteiger partial charge in [0, 0.05) is 0 Å². The zero-order chi connectivity index (χ0) is 16.4. The first-order valence-corrected chi connectivity index (χ1v) is 6.13. The molecular formula is C13H18O8. The Labute approximate surface area is 121 Å². The first-order valence-electron chi connectivity index (χ1n) is 6.13. The summed E-state index contributed by atoms with van der Waals surface area (Å²) in [5, 5.41) is 0. The minimum Gasteiger partial charge on any atom is -0.469 e. The second-order valence-electron chi connectivity index (χ2n) is 4.82. The quantitative estimate of drug-likeness (QED) is 0.508. The molecule has 0 aromatic carbocycles. The standard InChI is InChI=1S/C13H18O8/c1-13(12(17)21-5)7(10(15)19-3)6(9(14)18-2)8(13)11(16)20-4/h6-8H,1-5H3. The van der Waals surface area contributed by atoms with E-state index in [-0.39, 0.29) is 0 Å². The highest BCUT2D eigenvalue weighted by molar-refractivity contribution is 6.00. The van der Waals surface area contributed by atoms with E-state index < -0.39 is 47.0 Å². The van der Waals surface area contributed by atoms with Crippen molar-refractivity contribution in [1.82, 2.24) is 0 Å². The smallest absolute Gasteiger partial charge is 0.313 e. The maximum Gasteiger partial charge on any atom is 0.313 e. The molecule has 2 unspecified atom stereocenters. The van der Waals surface area contributed by atoms with E-state index in [9.17, 15) is 19.2 Å². The second kappa shape index (κ2) is 6.11. The summed E-state index contributed by atoms with van der Waals surface area (Å²) in [4.78, 5) is 47.8. The van der Waals surface area contributed by atoms with E-state index in [1.807, 2.05) is 0 Å². The number of ether oxygens (including phenoxy) is 4. The average molecular weight is 302 g/mol. The van der Waals surface area contributed by atoms with Gasteiger partial charge in [-0.05, 0) is 6.92 Å². The third-order valence-corrected chi connectivity index (χ3v) is 4.02. The molecule has 0 radical (unpaired) electrons. The van der Waals surface area contributed by atoms with Gasteiger partial charge >= 0.3 is 23.9 Å². The lowest BCUT2D eigenvalue weighted by molar-refractivity contribution is -0.213. The van der Waals surface area contributed by atoms with Crippen molar-refractivity contribution >= 4 is 23.9 Å². The molecule has 8 nitrogen and oxygen atoms in total. The third kappa shape index (κ3) is 2.34. The van der Waals surface area contributed by atoms with Crippen molar-refractivity contribution < 1.29 is 38.1 Å². The molecule has 0 saturated heterocycles. The minimum atomic E-state index is -1.55. The Kier molecular flexibility index (Phi) is 4.93. The van der Waals surface area contributed by atoms with Gasteiger partial charge in [0.1, 0.15) is 0 Å². The maximum absolute atomic E-state index is 12.0. The summed E-state index contributed by atoms with van der Waals surface area (Å²) in [5.74, 6) is -6.68. The van der Waals surface area contributed by atoms with E-state index in [0.717, 1.165) is 28.4 Å². The topological polar surface area (TPSA) is 105 Å². The highest BCUT2D eigenvalue weighted by Crippen LogP contribution is 2.58. The Hall–Kier alpha value is -2.12. The summed E-state index contributed by atoms with van der Waals surface area (Å²) in [6.07, 6.45) is 0. The average Bonchev–Trinajstić information content (AvgIpc) is 2.49. The molecule has 1 aliphatic rings. The van der Waals surface area contributed by atoms with Crippen molar-refractivity contribution in [3.8, 4) is 0 Å². The van der Waals surface area contributed by atoms with Crippen LogP contribution >= 0.6 is 0 Å². The van der Waals surface area contributed by atoms with Crippen LogP contribution in [0.3, 0.4) is 0 Å². The van der Waals surface area contributed by atoms with Crippen molar-refractivity contribution in [2.75, 3.05) is 28.4 Å². The number of hydrogen-bond acceptors (Lipinski definition) is 8.